The molecule has 2 aromatic rings. The van der Waals surface area contributed by atoms with Crippen molar-refractivity contribution in [3.8, 4) is 0 Å². The Kier molecular flexibility index (Phi) is 11.9. The number of nitrogens with one attached hydrogen (secondary N) is 3. The van der Waals surface area contributed by atoms with E-state index in [0.717, 1.165) is 56.3 Å². The van der Waals surface area contributed by atoms with Gasteiger partial charge in [0.25, 0.3) is 0 Å². The normalized spacial score (nSPS) is 13.5. The highest BCUT2D eigenvalue weighted by Crippen LogP contribution is 2.31. The van der Waals surface area contributed by atoms with E-state index in [1.165, 1.54) is 12.1 Å². The highest BCUT2D eigenvalue weighted by atomic mass is 19.1. The largest absolute Gasteiger partial charge is 0.388 e. The van der Waals surface area contributed by atoms with Gasteiger partial charge in [-0.05, 0) is 67.8 Å². The summed E-state index contributed by atoms with van der Waals surface area (Å²) >= 11 is 0. The maximum atomic E-state index is 13.6. The van der Waals surface area contributed by atoms with Crippen LogP contribution in [0.2, 0.25) is 0 Å². The molecule has 1 heterocycles. The summed E-state index contributed by atoms with van der Waals surface area (Å²) < 4.78 is 13.6. The predicted octanol–water partition coefficient (Wildman–Crippen LogP) is 9.26. The molecule has 0 amide bonds. The predicted molar refractivity (Wildman–Crippen MR) is 180 cm³/mol. The van der Waals surface area contributed by atoms with Crippen LogP contribution in [-0.4, -0.2) is 17.0 Å². The van der Waals surface area contributed by atoms with Crippen molar-refractivity contribution in [3.05, 3.63) is 162 Å². The molecule has 0 spiro atoms. The molecule has 3 N–H and O–H groups in total. The molecule has 4 nitrogen and oxygen atoms in total. The van der Waals surface area contributed by atoms with Crippen molar-refractivity contribution >= 4 is 11.1 Å². The first-order valence-electron chi connectivity index (χ1n) is 13.9. The summed E-state index contributed by atoms with van der Waals surface area (Å²) in [7, 11) is 1.87. The maximum Gasteiger partial charge on any atom is 0.138 e. The van der Waals surface area contributed by atoms with E-state index in [2.05, 4.69) is 69.3 Å². The van der Waals surface area contributed by atoms with Crippen LogP contribution in [0, 0.1) is 18.2 Å². The molecular formula is C37H45FN4. The number of aromatic nitrogens is 2. The van der Waals surface area contributed by atoms with Crippen molar-refractivity contribution in [2.45, 2.75) is 41.5 Å². The van der Waals surface area contributed by atoms with E-state index in [9.17, 15) is 4.39 Å². The number of imidazole rings is 1. The van der Waals surface area contributed by atoms with Gasteiger partial charge in [-0.2, -0.15) is 0 Å². The van der Waals surface area contributed by atoms with Gasteiger partial charge in [-0.25, -0.2) is 9.37 Å². The number of nitrogens with zero attached hydrogens (tertiary/aromatic N) is 1. The monoisotopic (exact) mass is 564 g/mol. The third-order valence-electron chi connectivity index (χ3n) is 6.77. The number of halogens is 1. The lowest BCUT2D eigenvalue weighted by Crippen LogP contribution is -2.22. The van der Waals surface area contributed by atoms with Crippen LogP contribution >= 0.6 is 0 Å². The highest BCUT2D eigenvalue weighted by molar-refractivity contribution is 5.84. The zero-order valence-corrected chi connectivity index (χ0v) is 26.2. The van der Waals surface area contributed by atoms with Gasteiger partial charge in [-0.15, -0.1) is 0 Å². The van der Waals surface area contributed by atoms with Crippen molar-refractivity contribution in [1.29, 1.82) is 0 Å². The summed E-state index contributed by atoms with van der Waals surface area (Å²) in [5.74, 6) is 0.316. The van der Waals surface area contributed by atoms with Crippen LogP contribution in [0.4, 0.5) is 4.39 Å². The number of H-pyrrole nitrogens is 1. The van der Waals surface area contributed by atoms with Crippen LogP contribution < -0.4 is 10.6 Å². The van der Waals surface area contributed by atoms with Gasteiger partial charge in [0.05, 0.1) is 5.69 Å². The second kappa shape index (κ2) is 14.8. The van der Waals surface area contributed by atoms with E-state index in [1.807, 2.05) is 58.2 Å². The van der Waals surface area contributed by atoms with Crippen LogP contribution in [0.5, 0.6) is 0 Å². The van der Waals surface area contributed by atoms with E-state index in [0.29, 0.717) is 11.4 Å². The molecule has 1 aromatic heterocycles. The lowest BCUT2D eigenvalue weighted by Gasteiger charge is -2.24. The standard InChI is InChI=1S/C37H45FN4/c1-13-17-32(29-18-20-30(38)21-19-29)35-26(7)40-36(42-35)25(6)33(34(16-4)39-12)22-24(5)28(14-2)23-31(15-3)41-27(8)37(9,10)11/h13-23,39,41H,1,3,5-6,8H2,2,4,7,9-12H3,(H,40,42)/b28-14+,31-23+,32-17-,33-22-,34-16+. The van der Waals surface area contributed by atoms with Crippen LogP contribution in [0.25, 0.3) is 11.1 Å². The summed E-state index contributed by atoms with van der Waals surface area (Å²) in [4.78, 5) is 8.34. The van der Waals surface area contributed by atoms with Crippen LogP contribution in [0.15, 0.2) is 134 Å². The average molecular weight is 565 g/mol. The van der Waals surface area contributed by atoms with Crippen LogP contribution in [-0.2, 0) is 0 Å². The molecule has 220 valence electrons. The topological polar surface area (TPSA) is 52.7 Å². The number of likely N-dealkylation sites (N-methyl/N-ethyl adjacent to an activating group) is 1. The Balaban J connectivity index is 2.57. The first kappa shape index (κ1) is 33.6. The van der Waals surface area contributed by atoms with Crippen molar-refractivity contribution < 1.29 is 4.39 Å². The van der Waals surface area contributed by atoms with Gasteiger partial charge >= 0.3 is 0 Å². The van der Waals surface area contributed by atoms with Gasteiger partial charge in [-0.1, -0.05) is 90.1 Å². The highest BCUT2D eigenvalue weighted by Gasteiger charge is 2.19. The van der Waals surface area contributed by atoms with E-state index < -0.39 is 0 Å². The molecule has 0 radical (unpaired) electrons. The van der Waals surface area contributed by atoms with Crippen molar-refractivity contribution in [1.82, 2.24) is 20.6 Å². The van der Waals surface area contributed by atoms with Crippen LogP contribution in [0.1, 0.15) is 57.4 Å². The molecule has 0 aliphatic carbocycles. The molecule has 0 bridgehead atoms. The number of rotatable bonds is 13. The zero-order valence-electron chi connectivity index (χ0n) is 26.2. The Labute approximate surface area is 252 Å². The molecule has 0 fully saturated rings. The van der Waals surface area contributed by atoms with Gasteiger partial charge < -0.3 is 15.6 Å². The Morgan fingerprint density at radius 1 is 1.00 bits per heavy atom. The minimum atomic E-state index is -0.295. The van der Waals surface area contributed by atoms with Gasteiger partial charge in [0, 0.05) is 52.0 Å². The van der Waals surface area contributed by atoms with Gasteiger partial charge in [-0.3, -0.25) is 0 Å². The third kappa shape index (κ3) is 8.43. The number of hydrogen-bond acceptors (Lipinski definition) is 3. The number of allylic oxidation sites excluding steroid dienone is 11. The number of aryl methyl sites for hydroxylation is 1. The van der Waals surface area contributed by atoms with E-state index in [-0.39, 0.29) is 11.2 Å². The second-order valence-electron chi connectivity index (χ2n) is 10.8. The summed E-state index contributed by atoms with van der Waals surface area (Å²) in [6, 6.07) is 6.34. The molecule has 0 atom stereocenters. The SMILES string of the molecule is C=C/C=C(/c1ccc(F)cc1)c1nc(C(=C)C(=C/C(=C)C(/C=C(\C=C)NC(=C)C(C)(C)C)=C/C)/C(=C\C)NC)[nH]c1C. The molecule has 5 heteroatoms. The number of aromatic amines is 1. The Hall–Kier alpha value is -4.64. The number of benzene rings is 1. The maximum absolute atomic E-state index is 13.6. The van der Waals surface area contributed by atoms with Crippen molar-refractivity contribution in [2.75, 3.05) is 7.05 Å². The Morgan fingerprint density at radius 3 is 2.14 bits per heavy atom. The molecule has 0 saturated heterocycles. The van der Waals surface area contributed by atoms with Gasteiger partial charge in [0.1, 0.15) is 11.6 Å². The van der Waals surface area contributed by atoms with Gasteiger partial charge in [0.15, 0.2) is 0 Å². The average Bonchev–Trinajstić information content (AvgIpc) is 3.34. The van der Waals surface area contributed by atoms with Gasteiger partial charge in [0.2, 0.25) is 0 Å². The smallest absolute Gasteiger partial charge is 0.138 e. The summed E-state index contributed by atoms with van der Waals surface area (Å²) in [5.41, 5.74) is 8.96. The molecule has 2 rings (SSSR count). The third-order valence-corrected chi connectivity index (χ3v) is 6.77. The van der Waals surface area contributed by atoms with E-state index in [1.54, 1.807) is 24.3 Å². The number of hydrogen-bond donors (Lipinski definition) is 3. The minimum Gasteiger partial charge on any atom is -0.388 e. The zero-order chi connectivity index (χ0) is 31.6. The lowest BCUT2D eigenvalue weighted by molar-refractivity contribution is 0.478. The molecule has 0 unspecified atom stereocenters. The van der Waals surface area contributed by atoms with Crippen molar-refractivity contribution in [3.63, 3.8) is 0 Å². The van der Waals surface area contributed by atoms with Crippen LogP contribution in [0.3, 0.4) is 0 Å². The second-order valence-corrected chi connectivity index (χ2v) is 10.8. The fraction of sp³-hybridized carbons (Fsp3) is 0.216. The van der Waals surface area contributed by atoms with E-state index in [4.69, 9.17) is 4.98 Å². The fourth-order valence-corrected chi connectivity index (χ4v) is 4.11. The first-order chi connectivity index (χ1) is 19.8. The Morgan fingerprint density at radius 2 is 1.64 bits per heavy atom. The molecule has 0 saturated carbocycles. The summed E-state index contributed by atoms with van der Waals surface area (Å²) in [5, 5.41) is 6.65. The molecule has 42 heavy (non-hydrogen) atoms. The quantitative estimate of drug-likeness (QED) is 0.213. The molecular weight excluding hydrogens is 519 g/mol. The fourth-order valence-electron chi connectivity index (χ4n) is 4.11. The summed E-state index contributed by atoms with van der Waals surface area (Å²) in [6.07, 6.45) is 13.3. The molecule has 1 aromatic carbocycles. The summed E-state index contributed by atoms with van der Waals surface area (Å²) in [6.45, 7) is 33.0. The van der Waals surface area contributed by atoms with E-state index >= 15 is 0 Å². The lowest BCUT2D eigenvalue weighted by atomic mass is 9.92. The van der Waals surface area contributed by atoms with Crippen molar-refractivity contribution in [2.24, 2.45) is 5.41 Å². The minimum absolute atomic E-state index is 0.106. The Bertz CT molecular complexity index is 1510. The first-order valence-corrected chi connectivity index (χ1v) is 13.9. The molecule has 0 aliphatic rings. The molecule has 0 aliphatic heterocycles.